The highest BCUT2D eigenvalue weighted by Crippen LogP contribution is 2.42. The average molecular weight is 421 g/mol. The smallest absolute Gasteiger partial charge is 0.225 e. The Hall–Kier alpha value is -1.67. The zero-order valence-corrected chi connectivity index (χ0v) is 18.1. The maximum atomic E-state index is 13.0. The first-order valence-electron chi connectivity index (χ1n) is 10.8. The van der Waals surface area contributed by atoms with E-state index in [0.29, 0.717) is 31.3 Å². The van der Waals surface area contributed by atoms with Crippen molar-refractivity contribution in [3.05, 3.63) is 24.5 Å². The van der Waals surface area contributed by atoms with Gasteiger partial charge in [-0.25, -0.2) is 12.7 Å². The number of piperidine rings is 2. The van der Waals surface area contributed by atoms with Crippen LogP contribution >= 0.6 is 0 Å². The van der Waals surface area contributed by atoms with Crippen molar-refractivity contribution < 1.29 is 13.2 Å². The second kappa shape index (κ2) is 8.22. The van der Waals surface area contributed by atoms with E-state index in [1.54, 1.807) is 11.2 Å². The fourth-order valence-electron chi connectivity index (χ4n) is 5.14. The third kappa shape index (κ3) is 4.28. The molecule has 1 spiro atoms. The van der Waals surface area contributed by atoms with Crippen molar-refractivity contribution in [1.29, 1.82) is 0 Å². The molecular weight excluding hydrogens is 388 g/mol. The van der Waals surface area contributed by atoms with Crippen molar-refractivity contribution >= 4 is 21.6 Å². The highest BCUT2D eigenvalue weighted by molar-refractivity contribution is 7.89. The molecule has 29 heavy (non-hydrogen) atoms. The van der Waals surface area contributed by atoms with Gasteiger partial charge in [-0.15, -0.1) is 0 Å². The van der Waals surface area contributed by atoms with Crippen molar-refractivity contribution in [2.75, 3.05) is 49.9 Å². The molecule has 0 N–H and O–H groups in total. The van der Waals surface area contributed by atoms with Crippen LogP contribution in [0.5, 0.6) is 0 Å². The van der Waals surface area contributed by atoms with Crippen LogP contribution in [0.3, 0.4) is 0 Å². The first-order valence-corrected chi connectivity index (χ1v) is 12.4. The van der Waals surface area contributed by atoms with E-state index >= 15 is 0 Å². The SMILES string of the molecule is CCS(=O)(=O)N1CCC(C(=O)N2CCC3(CC2)CCN(c2ccncc2)C3)CC1. The number of sulfonamides is 1. The van der Waals surface area contributed by atoms with Gasteiger partial charge in [0.05, 0.1) is 5.75 Å². The molecule has 160 valence electrons. The van der Waals surface area contributed by atoms with Gasteiger partial charge in [-0.2, -0.15) is 0 Å². The van der Waals surface area contributed by atoms with Gasteiger partial charge >= 0.3 is 0 Å². The molecule has 0 saturated carbocycles. The number of carbonyl (C=O) groups excluding carboxylic acids is 1. The molecule has 0 unspecified atom stereocenters. The lowest BCUT2D eigenvalue weighted by atomic mass is 9.77. The summed E-state index contributed by atoms with van der Waals surface area (Å²) in [4.78, 5) is 21.6. The van der Waals surface area contributed by atoms with Crippen molar-refractivity contribution in [3.63, 3.8) is 0 Å². The molecule has 3 saturated heterocycles. The third-order valence-electron chi connectivity index (χ3n) is 7.16. The summed E-state index contributed by atoms with van der Waals surface area (Å²) in [6, 6.07) is 4.14. The summed E-state index contributed by atoms with van der Waals surface area (Å²) in [7, 11) is -3.14. The number of amides is 1. The number of hydrogen-bond donors (Lipinski definition) is 0. The fraction of sp³-hybridized carbons (Fsp3) is 0.714. The van der Waals surface area contributed by atoms with Crippen LogP contribution in [-0.4, -0.2) is 73.5 Å². The van der Waals surface area contributed by atoms with Gasteiger partial charge in [0.2, 0.25) is 15.9 Å². The maximum absolute atomic E-state index is 13.0. The van der Waals surface area contributed by atoms with Crippen LogP contribution in [0.15, 0.2) is 24.5 Å². The number of nitrogens with zero attached hydrogens (tertiary/aromatic N) is 4. The van der Waals surface area contributed by atoms with Crippen LogP contribution in [0.2, 0.25) is 0 Å². The molecule has 4 heterocycles. The van der Waals surface area contributed by atoms with Gasteiger partial charge in [-0.3, -0.25) is 9.78 Å². The fourth-order valence-corrected chi connectivity index (χ4v) is 6.27. The van der Waals surface area contributed by atoms with Crippen molar-refractivity contribution in [3.8, 4) is 0 Å². The lowest BCUT2D eigenvalue weighted by Gasteiger charge is -2.41. The zero-order chi connectivity index (χ0) is 20.5. The maximum Gasteiger partial charge on any atom is 0.225 e. The molecule has 4 rings (SSSR count). The largest absolute Gasteiger partial charge is 0.371 e. The Balaban J connectivity index is 1.29. The molecule has 3 aliphatic heterocycles. The topological polar surface area (TPSA) is 73.8 Å². The first-order chi connectivity index (χ1) is 13.9. The molecule has 8 heteroatoms. The second-order valence-corrected chi connectivity index (χ2v) is 11.0. The standard InChI is InChI=1S/C21H32N4O3S/c1-2-29(27,28)25-12-5-18(6-13-25)20(26)23-14-7-21(8-15-23)9-16-24(17-21)19-3-10-22-11-4-19/h3-4,10-11,18H,2,5-9,12-17H2,1H3. The quantitative estimate of drug-likeness (QED) is 0.745. The van der Waals surface area contributed by atoms with E-state index < -0.39 is 10.0 Å². The van der Waals surface area contributed by atoms with Crippen LogP contribution < -0.4 is 4.90 Å². The van der Waals surface area contributed by atoms with Gasteiger partial charge in [0.1, 0.15) is 0 Å². The molecule has 1 aromatic rings. The minimum absolute atomic E-state index is 0.0238. The molecule has 7 nitrogen and oxygen atoms in total. The Bertz CT molecular complexity index is 814. The minimum Gasteiger partial charge on any atom is -0.371 e. The summed E-state index contributed by atoms with van der Waals surface area (Å²) in [6.07, 6.45) is 8.29. The van der Waals surface area contributed by atoms with E-state index in [9.17, 15) is 13.2 Å². The lowest BCUT2D eigenvalue weighted by molar-refractivity contribution is -0.139. The van der Waals surface area contributed by atoms with Crippen LogP contribution in [0, 0.1) is 11.3 Å². The van der Waals surface area contributed by atoms with Gasteiger partial charge in [-0.05, 0) is 56.6 Å². The lowest BCUT2D eigenvalue weighted by Crippen LogP contribution is -2.49. The monoisotopic (exact) mass is 420 g/mol. The molecule has 0 aliphatic carbocycles. The highest BCUT2D eigenvalue weighted by Gasteiger charge is 2.42. The van der Waals surface area contributed by atoms with E-state index in [0.717, 1.165) is 39.0 Å². The number of aromatic nitrogens is 1. The van der Waals surface area contributed by atoms with E-state index in [4.69, 9.17) is 0 Å². The summed E-state index contributed by atoms with van der Waals surface area (Å²) in [5.74, 6) is 0.345. The number of anilines is 1. The van der Waals surface area contributed by atoms with Gasteiger partial charge in [0.15, 0.2) is 0 Å². The molecule has 0 radical (unpaired) electrons. The Morgan fingerprint density at radius 2 is 1.69 bits per heavy atom. The number of pyridine rings is 1. The highest BCUT2D eigenvalue weighted by atomic mass is 32.2. The number of rotatable bonds is 4. The first kappa shape index (κ1) is 20.6. The summed E-state index contributed by atoms with van der Waals surface area (Å²) in [5, 5.41) is 0. The zero-order valence-electron chi connectivity index (χ0n) is 17.3. The second-order valence-electron chi connectivity index (χ2n) is 8.78. The number of hydrogen-bond acceptors (Lipinski definition) is 5. The summed E-state index contributed by atoms with van der Waals surface area (Å²) < 4.78 is 25.6. The van der Waals surface area contributed by atoms with Crippen molar-refractivity contribution in [2.24, 2.45) is 11.3 Å². The Labute approximate surface area is 174 Å². The molecule has 0 atom stereocenters. The van der Waals surface area contributed by atoms with Crippen LogP contribution in [0.25, 0.3) is 0 Å². The molecular formula is C21H32N4O3S. The summed E-state index contributed by atoms with van der Waals surface area (Å²) in [5.41, 5.74) is 1.56. The van der Waals surface area contributed by atoms with Crippen LogP contribution in [0.1, 0.15) is 39.0 Å². The van der Waals surface area contributed by atoms with Crippen LogP contribution in [0.4, 0.5) is 5.69 Å². The van der Waals surface area contributed by atoms with E-state index in [-0.39, 0.29) is 17.6 Å². The molecule has 3 fully saturated rings. The van der Waals surface area contributed by atoms with Gasteiger partial charge in [0, 0.05) is 63.3 Å². The summed E-state index contributed by atoms with van der Waals surface area (Å²) in [6.45, 7) is 6.42. The normalized spacial score (nSPS) is 23.6. The Morgan fingerprint density at radius 1 is 1.07 bits per heavy atom. The molecule has 0 bridgehead atoms. The number of carbonyl (C=O) groups is 1. The van der Waals surface area contributed by atoms with E-state index in [1.807, 2.05) is 17.3 Å². The minimum atomic E-state index is -3.14. The van der Waals surface area contributed by atoms with Crippen molar-refractivity contribution in [1.82, 2.24) is 14.2 Å². The average Bonchev–Trinajstić information content (AvgIpc) is 3.18. The molecule has 1 amide bonds. The Morgan fingerprint density at radius 3 is 2.31 bits per heavy atom. The third-order valence-corrected chi connectivity index (χ3v) is 9.04. The van der Waals surface area contributed by atoms with Gasteiger partial charge < -0.3 is 9.80 Å². The summed E-state index contributed by atoms with van der Waals surface area (Å²) >= 11 is 0. The predicted octanol–water partition coefficient (Wildman–Crippen LogP) is 1.96. The van der Waals surface area contributed by atoms with Crippen molar-refractivity contribution in [2.45, 2.75) is 39.0 Å². The molecule has 0 aromatic carbocycles. The number of likely N-dealkylation sites (tertiary alicyclic amines) is 1. The Kier molecular flexibility index (Phi) is 5.84. The van der Waals surface area contributed by atoms with E-state index in [2.05, 4.69) is 22.0 Å². The van der Waals surface area contributed by atoms with Gasteiger partial charge in [-0.1, -0.05) is 0 Å². The van der Waals surface area contributed by atoms with E-state index in [1.165, 1.54) is 12.1 Å². The van der Waals surface area contributed by atoms with Crippen LogP contribution in [-0.2, 0) is 14.8 Å². The molecule has 3 aliphatic rings. The predicted molar refractivity (Wildman–Crippen MR) is 113 cm³/mol. The molecule has 1 aromatic heterocycles. The van der Waals surface area contributed by atoms with Gasteiger partial charge in [0.25, 0.3) is 0 Å².